The van der Waals surface area contributed by atoms with E-state index >= 15 is 0 Å². The Morgan fingerprint density at radius 1 is 1.47 bits per heavy atom. The molecular formula is C13H15FN2O. The third kappa shape index (κ3) is 1.72. The maximum Gasteiger partial charge on any atom is 0.254 e. The molecule has 0 saturated carbocycles. The van der Waals surface area contributed by atoms with E-state index in [1.54, 1.807) is 12.1 Å². The Morgan fingerprint density at radius 3 is 3.18 bits per heavy atom. The number of nitrogens with zero attached hydrogens (tertiary/aromatic N) is 1. The van der Waals surface area contributed by atoms with Gasteiger partial charge in [0.1, 0.15) is 6.67 Å². The minimum Gasteiger partial charge on any atom is -0.333 e. The highest BCUT2D eigenvalue weighted by Crippen LogP contribution is 2.25. The number of nitrogens with one attached hydrogen (secondary N) is 1. The first-order valence-corrected chi connectivity index (χ1v) is 5.99. The van der Waals surface area contributed by atoms with Crippen LogP contribution in [-0.4, -0.2) is 36.5 Å². The van der Waals surface area contributed by atoms with E-state index in [0.29, 0.717) is 5.56 Å². The fourth-order valence-electron chi connectivity index (χ4n) is 2.73. The van der Waals surface area contributed by atoms with Gasteiger partial charge in [-0.05, 0) is 23.6 Å². The second-order valence-electron chi connectivity index (χ2n) is 4.69. The molecule has 1 aromatic carbocycles. The number of alkyl halides is 1. The second-order valence-corrected chi connectivity index (χ2v) is 4.69. The van der Waals surface area contributed by atoms with Crippen LogP contribution in [0.15, 0.2) is 18.2 Å². The van der Waals surface area contributed by atoms with Crippen LogP contribution in [0.25, 0.3) is 0 Å². The number of carbonyl (C=O) groups is 1. The number of rotatable bonds is 1. The lowest BCUT2D eigenvalue weighted by atomic mass is 9.91. The number of hydrogen-bond donors (Lipinski definition) is 1. The van der Waals surface area contributed by atoms with Crippen LogP contribution in [-0.2, 0) is 13.1 Å². The molecule has 90 valence electrons. The number of halogens is 1. The molecule has 2 heterocycles. The van der Waals surface area contributed by atoms with Crippen molar-refractivity contribution in [1.29, 1.82) is 0 Å². The van der Waals surface area contributed by atoms with Crippen molar-refractivity contribution in [3.63, 3.8) is 0 Å². The number of fused-ring (bicyclic) bond motifs is 2. The van der Waals surface area contributed by atoms with Gasteiger partial charge >= 0.3 is 0 Å². The van der Waals surface area contributed by atoms with E-state index in [9.17, 15) is 9.18 Å². The van der Waals surface area contributed by atoms with Gasteiger partial charge < -0.3 is 10.2 Å². The summed E-state index contributed by atoms with van der Waals surface area (Å²) in [6.45, 7) is 2.01. The van der Waals surface area contributed by atoms with Crippen LogP contribution in [0, 0.1) is 0 Å². The van der Waals surface area contributed by atoms with Crippen molar-refractivity contribution >= 4 is 5.91 Å². The normalized spacial score (nSPS) is 23.2. The van der Waals surface area contributed by atoms with Gasteiger partial charge in [0.15, 0.2) is 0 Å². The molecule has 0 spiro atoms. The summed E-state index contributed by atoms with van der Waals surface area (Å²) in [5.74, 6) is 0.100. The quantitative estimate of drug-likeness (QED) is 0.790. The monoisotopic (exact) mass is 234 g/mol. The van der Waals surface area contributed by atoms with E-state index in [1.807, 2.05) is 11.0 Å². The Labute approximate surface area is 99.6 Å². The molecule has 1 amide bonds. The van der Waals surface area contributed by atoms with Crippen LogP contribution >= 0.6 is 0 Å². The Morgan fingerprint density at radius 2 is 2.35 bits per heavy atom. The fourth-order valence-corrected chi connectivity index (χ4v) is 2.73. The van der Waals surface area contributed by atoms with Gasteiger partial charge in [-0.2, -0.15) is 0 Å². The first kappa shape index (κ1) is 10.7. The standard InChI is InChI=1S/C13H15FN2O/c14-7-9-1-2-12-10(5-9)6-11-8-15-3-4-16(11)13(12)17/h1-2,5,11,15H,3-4,6-8H2/t11-/m1/s1. The highest BCUT2D eigenvalue weighted by Gasteiger charge is 2.33. The number of amides is 1. The summed E-state index contributed by atoms with van der Waals surface area (Å²) in [5.41, 5.74) is 2.41. The van der Waals surface area contributed by atoms with Crippen LogP contribution in [0.2, 0.25) is 0 Å². The zero-order valence-corrected chi connectivity index (χ0v) is 9.58. The summed E-state index contributed by atoms with van der Waals surface area (Å²) < 4.78 is 12.6. The molecule has 2 aliphatic heterocycles. The van der Waals surface area contributed by atoms with Crippen molar-refractivity contribution in [3.8, 4) is 0 Å². The molecule has 1 atom stereocenters. The van der Waals surface area contributed by atoms with Crippen molar-refractivity contribution in [2.24, 2.45) is 0 Å². The summed E-state index contributed by atoms with van der Waals surface area (Å²) in [5, 5.41) is 3.30. The van der Waals surface area contributed by atoms with Crippen molar-refractivity contribution in [2.45, 2.75) is 19.1 Å². The van der Waals surface area contributed by atoms with Gasteiger partial charge in [-0.1, -0.05) is 12.1 Å². The third-order valence-corrected chi connectivity index (χ3v) is 3.62. The maximum atomic E-state index is 12.6. The van der Waals surface area contributed by atoms with Crippen molar-refractivity contribution < 1.29 is 9.18 Å². The van der Waals surface area contributed by atoms with E-state index in [2.05, 4.69) is 5.32 Å². The minimum absolute atomic E-state index is 0.100. The Bertz CT molecular complexity index is 461. The largest absolute Gasteiger partial charge is 0.333 e. The van der Waals surface area contributed by atoms with Gasteiger partial charge in [0.25, 0.3) is 5.91 Å². The number of hydrogen-bond acceptors (Lipinski definition) is 2. The summed E-state index contributed by atoms with van der Waals surface area (Å²) in [7, 11) is 0. The smallest absolute Gasteiger partial charge is 0.254 e. The Kier molecular flexibility index (Phi) is 2.59. The van der Waals surface area contributed by atoms with Gasteiger partial charge in [0.05, 0.1) is 0 Å². The van der Waals surface area contributed by atoms with E-state index in [-0.39, 0.29) is 11.9 Å². The number of carbonyl (C=O) groups excluding carboxylic acids is 1. The molecule has 0 radical (unpaired) electrons. The van der Waals surface area contributed by atoms with Crippen molar-refractivity contribution in [3.05, 3.63) is 34.9 Å². The molecule has 17 heavy (non-hydrogen) atoms. The van der Waals surface area contributed by atoms with Crippen LogP contribution < -0.4 is 5.32 Å². The number of benzene rings is 1. The lowest BCUT2D eigenvalue weighted by Gasteiger charge is -2.40. The van der Waals surface area contributed by atoms with Gasteiger partial charge in [-0.15, -0.1) is 0 Å². The predicted octanol–water partition coefficient (Wildman–Crippen LogP) is 1.13. The van der Waals surface area contributed by atoms with Crippen molar-refractivity contribution in [1.82, 2.24) is 10.2 Å². The molecule has 1 aromatic rings. The van der Waals surface area contributed by atoms with Crippen LogP contribution in [0.1, 0.15) is 21.5 Å². The predicted molar refractivity (Wildman–Crippen MR) is 62.7 cm³/mol. The van der Waals surface area contributed by atoms with Gasteiger partial charge in [-0.25, -0.2) is 4.39 Å². The molecule has 2 aliphatic rings. The Balaban J connectivity index is 1.99. The van der Waals surface area contributed by atoms with Crippen LogP contribution in [0.4, 0.5) is 4.39 Å². The lowest BCUT2D eigenvalue weighted by molar-refractivity contribution is 0.0606. The zero-order chi connectivity index (χ0) is 11.8. The Hall–Kier alpha value is -1.42. The average molecular weight is 234 g/mol. The molecule has 1 fully saturated rings. The summed E-state index contributed by atoms with van der Waals surface area (Å²) in [6.07, 6.45) is 0.835. The van der Waals surface area contributed by atoms with Gasteiger partial charge in [-0.3, -0.25) is 4.79 Å². The first-order chi connectivity index (χ1) is 8.29. The van der Waals surface area contributed by atoms with E-state index in [1.165, 1.54) is 0 Å². The molecule has 0 aromatic heterocycles. The molecule has 4 heteroatoms. The second kappa shape index (κ2) is 4.11. The average Bonchev–Trinajstić information content (AvgIpc) is 2.38. The third-order valence-electron chi connectivity index (χ3n) is 3.62. The molecule has 1 N–H and O–H groups in total. The van der Waals surface area contributed by atoms with E-state index in [0.717, 1.165) is 37.2 Å². The molecule has 3 nitrogen and oxygen atoms in total. The molecule has 0 unspecified atom stereocenters. The van der Waals surface area contributed by atoms with E-state index < -0.39 is 6.67 Å². The molecular weight excluding hydrogens is 219 g/mol. The molecule has 0 bridgehead atoms. The molecule has 3 rings (SSSR count). The fraction of sp³-hybridized carbons (Fsp3) is 0.462. The topological polar surface area (TPSA) is 32.3 Å². The molecule has 0 aliphatic carbocycles. The molecule has 1 saturated heterocycles. The maximum absolute atomic E-state index is 12.6. The van der Waals surface area contributed by atoms with Crippen LogP contribution in [0.3, 0.4) is 0 Å². The highest BCUT2D eigenvalue weighted by atomic mass is 19.1. The SMILES string of the molecule is O=C1c2ccc(CF)cc2C[C@@H]2CNCCN12. The number of piperazine rings is 1. The van der Waals surface area contributed by atoms with E-state index in [4.69, 9.17) is 0 Å². The van der Waals surface area contributed by atoms with Crippen LogP contribution in [0.5, 0.6) is 0 Å². The minimum atomic E-state index is -0.464. The van der Waals surface area contributed by atoms with Gasteiger partial charge in [0, 0.05) is 31.2 Å². The zero-order valence-electron chi connectivity index (χ0n) is 9.58. The first-order valence-electron chi connectivity index (χ1n) is 5.99. The summed E-state index contributed by atoms with van der Waals surface area (Å²) >= 11 is 0. The lowest BCUT2D eigenvalue weighted by Crippen LogP contribution is -2.56. The summed E-state index contributed by atoms with van der Waals surface area (Å²) in [6, 6.07) is 5.54. The van der Waals surface area contributed by atoms with Gasteiger partial charge in [0.2, 0.25) is 0 Å². The summed E-state index contributed by atoms with van der Waals surface area (Å²) in [4.78, 5) is 14.2. The highest BCUT2D eigenvalue weighted by molar-refractivity contribution is 5.97. The van der Waals surface area contributed by atoms with Crippen molar-refractivity contribution in [2.75, 3.05) is 19.6 Å².